The second kappa shape index (κ2) is 9.34. The van der Waals surface area contributed by atoms with Crippen molar-refractivity contribution in [1.82, 2.24) is 4.90 Å². The fourth-order valence-corrected chi connectivity index (χ4v) is 1.59. The van der Waals surface area contributed by atoms with Crippen LogP contribution in [0.5, 0.6) is 0 Å². The number of rotatable bonds is 6. The SMILES string of the molecule is Cc1ccc(NC(=O)CN(C)C(=O)CCCN)cc1.Cl. The highest BCUT2D eigenvalue weighted by Crippen LogP contribution is 2.08. The number of nitrogens with two attached hydrogens (primary N) is 1. The molecule has 0 bridgehead atoms. The van der Waals surface area contributed by atoms with Crippen LogP contribution in [0.1, 0.15) is 18.4 Å². The average Bonchev–Trinajstić information content (AvgIpc) is 2.38. The highest BCUT2D eigenvalue weighted by atomic mass is 35.5. The Labute approximate surface area is 125 Å². The van der Waals surface area contributed by atoms with E-state index in [0.717, 1.165) is 11.3 Å². The summed E-state index contributed by atoms with van der Waals surface area (Å²) in [6.45, 7) is 2.52. The zero-order chi connectivity index (χ0) is 14.3. The van der Waals surface area contributed by atoms with Crippen LogP contribution in [0.3, 0.4) is 0 Å². The van der Waals surface area contributed by atoms with Crippen molar-refractivity contribution < 1.29 is 9.59 Å². The number of hydrogen-bond acceptors (Lipinski definition) is 3. The lowest BCUT2D eigenvalue weighted by atomic mass is 10.2. The number of carbonyl (C=O) groups excluding carboxylic acids is 2. The molecule has 5 nitrogen and oxygen atoms in total. The van der Waals surface area contributed by atoms with Crippen LogP contribution in [0.2, 0.25) is 0 Å². The predicted molar refractivity (Wildman–Crippen MR) is 83.0 cm³/mol. The van der Waals surface area contributed by atoms with Crippen LogP contribution >= 0.6 is 12.4 Å². The van der Waals surface area contributed by atoms with Gasteiger partial charge in [0.25, 0.3) is 0 Å². The topological polar surface area (TPSA) is 75.4 Å². The van der Waals surface area contributed by atoms with Crippen LogP contribution in [0.4, 0.5) is 5.69 Å². The zero-order valence-electron chi connectivity index (χ0n) is 11.9. The normalized spacial score (nSPS) is 9.55. The van der Waals surface area contributed by atoms with Crippen molar-refractivity contribution >= 4 is 29.9 Å². The van der Waals surface area contributed by atoms with Gasteiger partial charge >= 0.3 is 0 Å². The van der Waals surface area contributed by atoms with Crippen molar-refractivity contribution in [3.63, 3.8) is 0 Å². The highest BCUT2D eigenvalue weighted by Gasteiger charge is 2.12. The second-order valence-electron chi connectivity index (χ2n) is 4.56. The molecule has 0 radical (unpaired) electrons. The van der Waals surface area contributed by atoms with Gasteiger partial charge in [-0.25, -0.2) is 0 Å². The standard InChI is InChI=1S/C14H21N3O2.ClH/c1-11-5-7-12(8-6-11)16-13(18)10-17(2)14(19)4-3-9-15;/h5-8H,3-4,9-10,15H2,1-2H3,(H,16,18);1H. The lowest BCUT2D eigenvalue weighted by Crippen LogP contribution is -2.35. The summed E-state index contributed by atoms with van der Waals surface area (Å²) < 4.78 is 0. The quantitative estimate of drug-likeness (QED) is 0.837. The molecule has 1 rings (SSSR count). The summed E-state index contributed by atoms with van der Waals surface area (Å²) in [6, 6.07) is 7.52. The van der Waals surface area contributed by atoms with Crippen molar-refractivity contribution in [3.8, 4) is 0 Å². The van der Waals surface area contributed by atoms with E-state index in [0.29, 0.717) is 19.4 Å². The third-order valence-electron chi connectivity index (χ3n) is 2.74. The number of anilines is 1. The van der Waals surface area contributed by atoms with Gasteiger partial charge in [0.15, 0.2) is 0 Å². The van der Waals surface area contributed by atoms with E-state index in [9.17, 15) is 9.59 Å². The van der Waals surface area contributed by atoms with Gasteiger partial charge in [-0.3, -0.25) is 9.59 Å². The van der Waals surface area contributed by atoms with Gasteiger partial charge in [-0.05, 0) is 32.0 Å². The highest BCUT2D eigenvalue weighted by molar-refractivity contribution is 5.94. The largest absolute Gasteiger partial charge is 0.336 e. The van der Waals surface area contributed by atoms with E-state index in [1.165, 1.54) is 4.90 Å². The van der Waals surface area contributed by atoms with Gasteiger partial charge in [0.05, 0.1) is 6.54 Å². The molecular weight excluding hydrogens is 278 g/mol. The molecular formula is C14H22ClN3O2. The van der Waals surface area contributed by atoms with E-state index in [-0.39, 0.29) is 30.8 Å². The molecule has 1 aromatic rings. The van der Waals surface area contributed by atoms with Crippen LogP contribution in [0.25, 0.3) is 0 Å². The second-order valence-corrected chi connectivity index (χ2v) is 4.56. The Morgan fingerprint density at radius 1 is 1.25 bits per heavy atom. The molecule has 0 atom stereocenters. The number of benzene rings is 1. The Morgan fingerprint density at radius 3 is 2.40 bits per heavy atom. The number of nitrogens with zero attached hydrogens (tertiary/aromatic N) is 1. The lowest BCUT2D eigenvalue weighted by Gasteiger charge is -2.16. The zero-order valence-corrected chi connectivity index (χ0v) is 12.7. The van der Waals surface area contributed by atoms with Crippen molar-refractivity contribution in [2.75, 3.05) is 25.5 Å². The number of nitrogens with one attached hydrogen (secondary N) is 1. The van der Waals surface area contributed by atoms with E-state index < -0.39 is 0 Å². The van der Waals surface area contributed by atoms with Gasteiger partial charge in [0.1, 0.15) is 0 Å². The predicted octanol–water partition coefficient (Wildman–Crippen LogP) is 1.55. The first-order valence-electron chi connectivity index (χ1n) is 6.33. The molecule has 0 saturated carbocycles. The van der Waals surface area contributed by atoms with E-state index in [1.807, 2.05) is 31.2 Å². The maximum atomic E-state index is 11.8. The third kappa shape index (κ3) is 6.54. The van der Waals surface area contributed by atoms with Gasteiger partial charge < -0.3 is 16.0 Å². The van der Waals surface area contributed by atoms with E-state index in [4.69, 9.17) is 5.73 Å². The van der Waals surface area contributed by atoms with Gasteiger partial charge in [0.2, 0.25) is 11.8 Å². The molecule has 1 aromatic carbocycles. The summed E-state index contributed by atoms with van der Waals surface area (Å²) in [4.78, 5) is 24.8. The van der Waals surface area contributed by atoms with Gasteiger partial charge in [-0.1, -0.05) is 17.7 Å². The molecule has 0 unspecified atom stereocenters. The Hall–Kier alpha value is -1.59. The van der Waals surface area contributed by atoms with Crippen LogP contribution in [-0.4, -0.2) is 36.9 Å². The van der Waals surface area contributed by atoms with Gasteiger partial charge in [0, 0.05) is 19.2 Å². The van der Waals surface area contributed by atoms with Gasteiger partial charge in [-0.2, -0.15) is 0 Å². The molecule has 0 aromatic heterocycles. The number of carbonyl (C=O) groups is 2. The summed E-state index contributed by atoms with van der Waals surface area (Å²) in [5.41, 5.74) is 7.21. The Bertz CT molecular complexity index is 435. The fourth-order valence-electron chi connectivity index (χ4n) is 1.59. The smallest absolute Gasteiger partial charge is 0.243 e. The Balaban J connectivity index is 0.00000361. The minimum absolute atomic E-state index is 0. The molecule has 0 aliphatic carbocycles. The number of aryl methyl sites for hydroxylation is 1. The molecule has 2 amide bonds. The average molecular weight is 300 g/mol. The third-order valence-corrected chi connectivity index (χ3v) is 2.74. The molecule has 6 heteroatoms. The van der Waals surface area contributed by atoms with E-state index >= 15 is 0 Å². The lowest BCUT2D eigenvalue weighted by molar-refractivity contribution is -0.133. The van der Waals surface area contributed by atoms with Crippen LogP contribution in [0, 0.1) is 6.92 Å². The molecule has 20 heavy (non-hydrogen) atoms. The molecule has 112 valence electrons. The Kier molecular flexibility index (Phi) is 8.59. The van der Waals surface area contributed by atoms with Crippen LogP contribution in [0.15, 0.2) is 24.3 Å². The maximum Gasteiger partial charge on any atom is 0.243 e. The molecule has 0 fully saturated rings. The van der Waals surface area contributed by atoms with Crippen LogP contribution < -0.4 is 11.1 Å². The molecule has 0 aliphatic heterocycles. The van der Waals surface area contributed by atoms with Crippen molar-refractivity contribution in [2.45, 2.75) is 19.8 Å². The van der Waals surface area contributed by atoms with E-state index in [2.05, 4.69) is 5.32 Å². The maximum absolute atomic E-state index is 11.8. The van der Waals surface area contributed by atoms with E-state index in [1.54, 1.807) is 7.05 Å². The molecule has 3 N–H and O–H groups in total. The summed E-state index contributed by atoms with van der Waals surface area (Å²) >= 11 is 0. The van der Waals surface area contributed by atoms with Crippen molar-refractivity contribution in [1.29, 1.82) is 0 Å². The summed E-state index contributed by atoms with van der Waals surface area (Å²) in [7, 11) is 1.62. The number of amides is 2. The summed E-state index contributed by atoms with van der Waals surface area (Å²) in [5.74, 6) is -0.267. The summed E-state index contributed by atoms with van der Waals surface area (Å²) in [6.07, 6.45) is 1.02. The van der Waals surface area contributed by atoms with Crippen LogP contribution in [-0.2, 0) is 9.59 Å². The fraction of sp³-hybridized carbons (Fsp3) is 0.429. The minimum atomic E-state index is -0.201. The molecule has 0 heterocycles. The molecule has 0 aliphatic rings. The number of halogens is 1. The molecule has 0 saturated heterocycles. The molecule has 0 spiro atoms. The summed E-state index contributed by atoms with van der Waals surface area (Å²) in [5, 5.41) is 2.75. The van der Waals surface area contributed by atoms with Crippen molar-refractivity contribution in [2.24, 2.45) is 5.73 Å². The first-order chi connectivity index (χ1) is 9.02. The minimum Gasteiger partial charge on any atom is -0.336 e. The van der Waals surface area contributed by atoms with Gasteiger partial charge in [-0.15, -0.1) is 12.4 Å². The number of likely N-dealkylation sites (N-methyl/N-ethyl adjacent to an activating group) is 1. The first kappa shape index (κ1) is 18.4. The van der Waals surface area contributed by atoms with Crippen molar-refractivity contribution in [3.05, 3.63) is 29.8 Å². The number of hydrogen-bond donors (Lipinski definition) is 2. The monoisotopic (exact) mass is 299 g/mol. The Morgan fingerprint density at radius 2 is 1.85 bits per heavy atom. The first-order valence-corrected chi connectivity index (χ1v) is 6.33.